The van der Waals surface area contributed by atoms with Crippen LogP contribution >= 0.6 is 0 Å². The number of ketones is 2. The van der Waals surface area contributed by atoms with Gasteiger partial charge in [0, 0.05) is 12.5 Å². The minimum absolute atomic E-state index is 0.0224. The number of fused-ring (bicyclic) bond motifs is 5. The fourth-order valence-corrected chi connectivity index (χ4v) is 6.76. The predicted octanol–water partition coefficient (Wildman–Crippen LogP) is 4.14. The minimum Gasteiger partial charge on any atom is -0.423 e. The number of carbonyl (C=O) groups excluding carboxylic acids is 3. The first-order valence-electron chi connectivity index (χ1n) is 9.86. The van der Waals surface area contributed by atoms with Crippen LogP contribution in [0.2, 0.25) is 0 Å². The van der Waals surface area contributed by atoms with Crippen molar-refractivity contribution in [2.45, 2.75) is 65.7 Å². The smallest absolute Gasteiger partial charge is 0.308 e. The SMILES string of the molecule is C=C1C[C@H]2[C@@H]3CCC[C@@]3(C)CC[C@@H]2[C@@]2(C)C(=O)CC(=O)C(OC(C)=O)=C12. The molecule has 4 heteroatoms. The lowest BCUT2D eigenvalue weighted by atomic mass is 9.46. The molecule has 0 heterocycles. The van der Waals surface area contributed by atoms with Gasteiger partial charge >= 0.3 is 5.97 Å². The zero-order valence-corrected chi connectivity index (χ0v) is 16.0. The molecule has 4 rings (SSSR count). The summed E-state index contributed by atoms with van der Waals surface area (Å²) < 4.78 is 5.32. The van der Waals surface area contributed by atoms with Crippen molar-refractivity contribution in [3.8, 4) is 0 Å². The molecule has 0 N–H and O–H groups in total. The summed E-state index contributed by atoms with van der Waals surface area (Å²) in [6.07, 6.45) is 6.54. The molecule has 3 fully saturated rings. The Labute approximate surface area is 155 Å². The van der Waals surface area contributed by atoms with Crippen LogP contribution in [0.1, 0.15) is 65.7 Å². The maximum absolute atomic E-state index is 13.1. The Bertz CT molecular complexity index is 760. The molecule has 0 aliphatic heterocycles. The summed E-state index contributed by atoms with van der Waals surface area (Å²) in [5.74, 6) is 0.449. The highest BCUT2D eigenvalue weighted by Crippen LogP contribution is 2.65. The molecule has 4 aliphatic carbocycles. The molecule has 5 atom stereocenters. The Balaban J connectivity index is 1.84. The first kappa shape index (κ1) is 17.7. The number of ether oxygens (including phenoxy) is 1. The number of esters is 1. The van der Waals surface area contributed by atoms with E-state index in [0.29, 0.717) is 22.8 Å². The molecule has 3 saturated carbocycles. The summed E-state index contributed by atoms with van der Waals surface area (Å²) in [4.78, 5) is 37.2. The molecule has 0 bridgehead atoms. The Morgan fingerprint density at radius 1 is 1.15 bits per heavy atom. The van der Waals surface area contributed by atoms with Gasteiger partial charge in [-0.2, -0.15) is 0 Å². The van der Waals surface area contributed by atoms with Crippen LogP contribution in [-0.2, 0) is 19.1 Å². The van der Waals surface area contributed by atoms with Crippen molar-refractivity contribution in [3.05, 3.63) is 23.5 Å². The van der Waals surface area contributed by atoms with E-state index in [2.05, 4.69) is 13.5 Å². The average Bonchev–Trinajstić information content (AvgIpc) is 2.94. The third-order valence-electron chi connectivity index (χ3n) is 7.94. The van der Waals surface area contributed by atoms with Crippen molar-refractivity contribution in [1.82, 2.24) is 0 Å². The normalized spacial score (nSPS) is 42.3. The van der Waals surface area contributed by atoms with Crippen molar-refractivity contribution in [2.24, 2.45) is 28.6 Å². The Morgan fingerprint density at radius 2 is 1.88 bits per heavy atom. The fourth-order valence-electron chi connectivity index (χ4n) is 6.76. The molecule has 4 nitrogen and oxygen atoms in total. The van der Waals surface area contributed by atoms with Gasteiger partial charge in [-0.15, -0.1) is 0 Å². The molecule has 26 heavy (non-hydrogen) atoms. The summed E-state index contributed by atoms with van der Waals surface area (Å²) in [6.45, 7) is 9.93. The number of Topliss-reactive ketones (excluding diaryl/α,β-unsaturated/α-hetero) is 2. The van der Waals surface area contributed by atoms with Crippen LogP contribution in [0.3, 0.4) is 0 Å². The highest BCUT2D eigenvalue weighted by atomic mass is 16.5. The van der Waals surface area contributed by atoms with Gasteiger partial charge in [-0.25, -0.2) is 0 Å². The lowest BCUT2D eigenvalue weighted by Crippen LogP contribution is -2.54. The second-order valence-corrected chi connectivity index (χ2v) is 9.29. The van der Waals surface area contributed by atoms with Crippen molar-refractivity contribution in [3.63, 3.8) is 0 Å². The first-order valence-corrected chi connectivity index (χ1v) is 9.86. The molecule has 0 unspecified atom stereocenters. The number of rotatable bonds is 1. The second-order valence-electron chi connectivity index (χ2n) is 9.29. The molecule has 0 aromatic carbocycles. The molecule has 0 radical (unpaired) electrons. The van der Waals surface area contributed by atoms with Gasteiger partial charge in [0.25, 0.3) is 0 Å². The Hall–Kier alpha value is -1.71. The van der Waals surface area contributed by atoms with E-state index in [-0.39, 0.29) is 29.7 Å². The summed E-state index contributed by atoms with van der Waals surface area (Å²) in [5.41, 5.74) is 1.08. The molecule has 0 aromatic heterocycles. The van der Waals surface area contributed by atoms with Gasteiger partial charge in [0.15, 0.2) is 11.5 Å². The van der Waals surface area contributed by atoms with Crippen LogP contribution < -0.4 is 0 Å². The van der Waals surface area contributed by atoms with E-state index in [4.69, 9.17) is 4.74 Å². The molecular weight excluding hydrogens is 328 g/mol. The molecule has 140 valence electrons. The molecule has 0 saturated heterocycles. The minimum atomic E-state index is -0.747. The Kier molecular flexibility index (Phi) is 3.84. The van der Waals surface area contributed by atoms with Crippen molar-refractivity contribution in [1.29, 1.82) is 0 Å². The fraction of sp³-hybridized carbons (Fsp3) is 0.682. The van der Waals surface area contributed by atoms with Crippen LogP contribution in [0.15, 0.2) is 23.5 Å². The van der Waals surface area contributed by atoms with Gasteiger partial charge in [0.2, 0.25) is 5.78 Å². The van der Waals surface area contributed by atoms with E-state index in [1.807, 2.05) is 6.92 Å². The van der Waals surface area contributed by atoms with E-state index in [0.717, 1.165) is 24.8 Å². The highest BCUT2D eigenvalue weighted by molar-refractivity contribution is 6.14. The zero-order chi connectivity index (χ0) is 18.9. The Morgan fingerprint density at radius 3 is 2.58 bits per heavy atom. The molecule has 0 aromatic rings. The van der Waals surface area contributed by atoms with Crippen LogP contribution in [0, 0.1) is 28.6 Å². The number of hydrogen-bond acceptors (Lipinski definition) is 4. The van der Waals surface area contributed by atoms with E-state index in [9.17, 15) is 14.4 Å². The molecule has 0 spiro atoms. The van der Waals surface area contributed by atoms with E-state index in [1.54, 1.807) is 0 Å². The maximum atomic E-state index is 13.1. The summed E-state index contributed by atoms with van der Waals surface area (Å²) >= 11 is 0. The second kappa shape index (κ2) is 5.64. The number of allylic oxidation sites excluding steroid dienone is 2. The zero-order valence-electron chi connectivity index (χ0n) is 16.0. The van der Waals surface area contributed by atoms with Crippen LogP contribution in [-0.4, -0.2) is 17.5 Å². The van der Waals surface area contributed by atoms with Gasteiger partial charge in [-0.3, -0.25) is 14.4 Å². The van der Waals surface area contributed by atoms with Gasteiger partial charge in [-0.1, -0.05) is 19.9 Å². The van der Waals surface area contributed by atoms with Crippen LogP contribution in [0.4, 0.5) is 0 Å². The van der Waals surface area contributed by atoms with Gasteiger partial charge in [-0.05, 0) is 67.8 Å². The molecule has 0 amide bonds. The lowest BCUT2D eigenvalue weighted by molar-refractivity contribution is -0.146. The summed E-state index contributed by atoms with van der Waals surface area (Å²) in [6, 6.07) is 0. The summed E-state index contributed by atoms with van der Waals surface area (Å²) in [5, 5.41) is 0. The third-order valence-corrected chi connectivity index (χ3v) is 7.94. The standard InChI is InChI=1S/C22H28O4/c1-12-10-14-15-6-5-8-21(15,3)9-7-16(14)22(4)18(25)11-17(24)20(19(12)22)26-13(2)23/h14-16H,1,5-11H2,2-4H3/t14-,15-,16-,21-,22-/m0/s1. The van der Waals surface area contributed by atoms with Crippen LogP contribution in [0.25, 0.3) is 0 Å². The largest absolute Gasteiger partial charge is 0.423 e. The first-order chi connectivity index (χ1) is 12.2. The highest BCUT2D eigenvalue weighted by Gasteiger charge is 2.61. The van der Waals surface area contributed by atoms with E-state index < -0.39 is 11.4 Å². The maximum Gasteiger partial charge on any atom is 0.308 e. The number of hydrogen-bond donors (Lipinski definition) is 0. The van der Waals surface area contributed by atoms with Crippen molar-refractivity contribution in [2.75, 3.05) is 0 Å². The van der Waals surface area contributed by atoms with Crippen molar-refractivity contribution >= 4 is 17.5 Å². The molecular formula is C22H28O4. The topological polar surface area (TPSA) is 60.4 Å². The lowest BCUT2D eigenvalue weighted by Gasteiger charge is -2.57. The average molecular weight is 356 g/mol. The van der Waals surface area contributed by atoms with E-state index in [1.165, 1.54) is 26.2 Å². The van der Waals surface area contributed by atoms with Crippen LogP contribution in [0.5, 0.6) is 0 Å². The van der Waals surface area contributed by atoms with Crippen molar-refractivity contribution < 1.29 is 19.1 Å². The quantitative estimate of drug-likeness (QED) is 0.523. The molecule has 4 aliphatic rings. The van der Waals surface area contributed by atoms with E-state index >= 15 is 0 Å². The number of carbonyl (C=O) groups is 3. The van der Waals surface area contributed by atoms with Gasteiger partial charge < -0.3 is 4.74 Å². The van der Waals surface area contributed by atoms with Gasteiger partial charge in [0.05, 0.1) is 11.8 Å². The monoisotopic (exact) mass is 356 g/mol. The predicted molar refractivity (Wildman–Crippen MR) is 96.9 cm³/mol. The third kappa shape index (κ3) is 2.23. The summed E-state index contributed by atoms with van der Waals surface area (Å²) in [7, 11) is 0. The van der Waals surface area contributed by atoms with Gasteiger partial charge in [0.1, 0.15) is 0 Å².